The number of aliphatic hydroxyl groups is 1. The van der Waals surface area contributed by atoms with E-state index < -0.39 is 12.1 Å². The molecular weight excluding hydrogens is 530 g/mol. The van der Waals surface area contributed by atoms with E-state index in [9.17, 15) is 14.7 Å². The number of carbonyl (C=O) groups is 3. The lowest BCUT2D eigenvalue weighted by Gasteiger charge is -2.28. The Balaban J connectivity index is 0.00000197. The molecule has 0 spiro atoms. The fourth-order valence-electron chi connectivity index (χ4n) is 5.27. The van der Waals surface area contributed by atoms with Gasteiger partial charge >= 0.3 is 0 Å². The molecule has 3 atom stereocenters. The van der Waals surface area contributed by atoms with Crippen molar-refractivity contribution in [3.8, 4) is 0 Å². The third-order valence-electron chi connectivity index (χ3n) is 7.59. The highest BCUT2D eigenvalue weighted by Crippen LogP contribution is 2.25. The lowest BCUT2D eigenvalue weighted by Crippen LogP contribution is -2.49. The molecular formula is C34H51N3O5. The Morgan fingerprint density at radius 2 is 1.76 bits per heavy atom. The summed E-state index contributed by atoms with van der Waals surface area (Å²) in [6, 6.07) is 15.6. The van der Waals surface area contributed by atoms with Crippen LogP contribution in [-0.2, 0) is 22.4 Å². The van der Waals surface area contributed by atoms with Crippen LogP contribution in [0.2, 0.25) is 0 Å². The van der Waals surface area contributed by atoms with Crippen molar-refractivity contribution in [1.29, 1.82) is 0 Å². The molecule has 8 heteroatoms. The molecule has 8 nitrogen and oxygen atoms in total. The summed E-state index contributed by atoms with van der Waals surface area (Å²) in [6.45, 7) is 9.59. The van der Waals surface area contributed by atoms with Crippen LogP contribution in [0.5, 0.6) is 0 Å². The van der Waals surface area contributed by atoms with E-state index in [4.69, 9.17) is 9.90 Å². The number of aryl methyl sites for hydroxylation is 1. The molecule has 2 amide bonds. The minimum atomic E-state index is -0.747. The van der Waals surface area contributed by atoms with Crippen LogP contribution < -0.4 is 15.5 Å². The number of benzene rings is 2. The zero-order valence-electron chi connectivity index (χ0n) is 25.9. The van der Waals surface area contributed by atoms with Crippen molar-refractivity contribution in [2.24, 2.45) is 5.92 Å². The number of nitrogens with zero attached hydrogens (tertiary/aromatic N) is 1. The Labute approximate surface area is 251 Å². The predicted molar refractivity (Wildman–Crippen MR) is 169 cm³/mol. The lowest BCUT2D eigenvalue weighted by molar-refractivity contribution is -0.123. The van der Waals surface area contributed by atoms with Gasteiger partial charge in [0.15, 0.2) is 0 Å². The summed E-state index contributed by atoms with van der Waals surface area (Å²) in [5.41, 5.74) is 3.45. The zero-order chi connectivity index (χ0) is 30.9. The first-order valence-corrected chi connectivity index (χ1v) is 15.5. The standard InChI is InChI=1S/C33H49N3O3.CH2O2/c1-5-12-27-19-28(22-29(20-27)36-18-10-9-17-32(36)38)33(39)35-30(21-26-15-7-6-8-16-26)31(37)23-34-25(4)14-11-13-24(2)3;2-1-3/h6-8,15-16,19-20,22,24-25,30-31,34,37H,5,9-14,17-18,21,23H2,1-4H3,(H,35,39);1H,(H,2,3)/t25?,30-,31+;/m0./s1. The van der Waals surface area contributed by atoms with Gasteiger partial charge in [0.05, 0.1) is 12.1 Å². The van der Waals surface area contributed by atoms with Crippen molar-refractivity contribution < 1.29 is 24.6 Å². The molecule has 0 bridgehead atoms. The number of rotatable bonds is 15. The third kappa shape index (κ3) is 12.3. The molecule has 0 aliphatic carbocycles. The van der Waals surface area contributed by atoms with E-state index in [0.717, 1.165) is 55.3 Å². The van der Waals surface area contributed by atoms with Crippen LogP contribution in [0.4, 0.5) is 5.69 Å². The topological polar surface area (TPSA) is 119 Å². The second kappa shape index (κ2) is 19.1. The Morgan fingerprint density at radius 1 is 1.05 bits per heavy atom. The van der Waals surface area contributed by atoms with Crippen LogP contribution in [0.25, 0.3) is 0 Å². The minimum absolute atomic E-state index is 0.118. The Morgan fingerprint density at radius 3 is 2.40 bits per heavy atom. The molecule has 42 heavy (non-hydrogen) atoms. The molecule has 0 saturated carbocycles. The van der Waals surface area contributed by atoms with Gasteiger partial charge in [-0.3, -0.25) is 14.4 Å². The van der Waals surface area contributed by atoms with Crippen LogP contribution in [-0.4, -0.2) is 59.8 Å². The second-order valence-electron chi connectivity index (χ2n) is 11.7. The van der Waals surface area contributed by atoms with Crippen LogP contribution in [0.3, 0.4) is 0 Å². The van der Waals surface area contributed by atoms with Crippen molar-refractivity contribution in [2.75, 3.05) is 18.0 Å². The van der Waals surface area contributed by atoms with Crippen molar-refractivity contribution in [3.05, 3.63) is 65.2 Å². The van der Waals surface area contributed by atoms with Crippen LogP contribution in [0.1, 0.15) is 94.1 Å². The Kier molecular flexibility index (Phi) is 15.9. The maximum absolute atomic E-state index is 13.6. The molecule has 2 aromatic rings. The summed E-state index contributed by atoms with van der Waals surface area (Å²) in [7, 11) is 0. The van der Waals surface area contributed by atoms with Gasteiger partial charge in [0.2, 0.25) is 5.91 Å². The van der Waals surface area contributed by atoms with E-state index in [2.05, 4.69) is 38.3 Å². The molecule has 0 aromatic heterocycles. The zero-order valence-corrected chi connectivity index (χ0v) is 25.9. The molecule has 2 aromatic carbocycles. The SMILES string of the molecule is CCCc1cc(C(=O)N[C@@H](Cc2ccccc2)[C@H](O)CNC(C)CCCC(C)C)cc(N2CCCCC2=O)c1.O=CO. The van der Waals surface area contributed by atoms with Crippen LogP contribution >= 0.6 is 0 Å². The largest absolute Gasteiger partial charge is 0.483 e. The quantitative estimate of drug-likeness (QED) is 0.210. The van der Waals surface area contributed by atoms with Crippen molar-refractivity contribution in [2.45, 2.75) is 104 Å². The molecule has 1 heterocycles. The molecule has 1 saturated heterocycles. The van der Waals surface area contributed by atoms with Gasteiger partial charge in [-0.25, -0.2) is 0 Å². The lowest BCUT2D eigenvalue weighted by atomic mass is 9.98. The molecule has 1 aliphatic rings. The molecule has 4 N–H and O–H groups in total. The summed E-state index contributed by atoms with van der Waals surface area (Å²) in [5, 5.41) is 24.7. The molecule has 0 radical (unpaired) electrons. The number of carboxylic acid groups (broad SMARTS) is 1. The number of aliphatic hydroxyl groups excluding tert-OH is 1. The maximum Gasteiger partial charge on any atom is 0.290 e. The van der Waals surface area contributed by atoms with E-state index in [1.54, 1.807) is 0 Å². The molecule has 1 fully saturated rings. The van der Waals surface area contributed by atoms with Crippen molar-refractivity contribution in [1.82, 2.24) is 10.6 Å². The fraction of sp³-hybridized carbons (Fsp3) is 0.559. The van der Waals surface area contributed by atoms with Gasteiger partial charge in [-0.05, 0) is 74.3 Å². The second-order valence-corrected chi connectivity index (χ2v) is 11.7. The van der Waals surface area contributed by atoms with Crippen LogP contribution in [0.15, 0.2) is 48.5 Å². The number of hydrogen-bond acceptors (Lipinski definition) is 5. The maximum atomic E-state index is 13.6. The first-order valence-electron chi connectivity index (χ1n) is 15.5. The smallest absolute Gasteiger partial charge is 0.290 e. The molecule has 232 valence electrons. The van der Waals surface area contributed by atoms with E-state index in [0.29, 0.717) is 43.5 Å². The Bertz CT molecular complexity index is 1090. The monoisotopic (exact) mass is 581 g/mol. The van der Waals surface area contributed by atoms with Crippen molar-refractivity contribution in [3.63, 3.8) is 0 Å². The number of nitrogens with one attached hydrogen (secondary N) is 2. The summed E-state index contributed by atoms with van der Waals surface area (Å²) in [5.74, 6) is 0.591. The van der Waals surface area contributed by atoms with E-state index in [-0.39, 0.29) is 18.3 Å². The number of anilines is 1. The highest BCUT2D eigenvalue weighted by Gasteiger charge is 2.25. The molecule has 3 rings (SSSR count). The first kappa shape index (κ1) is 35.0. The summed E-state index contributed by atoms with van der Waals surface area (Å²) >= 11 is 0. The van der Waals surface area contributed by atoms with Gasteiger partial charge < -0.3 is 25.7 Å². The highest BCUT2D eigenvalue weighted by molar-refractivity contribution is 5.99. The van der Waals surface area contributed by atoms with Crippen LogP contribution in [0, 0.1) is 5.92 Å². The van der Waals surface area contributed by atoms with Gasteiger partial charge in [-0.2, -0.15) is 0 Å². The number of piperidine rings is 1. The van der Waals surface area contributed by atoms with Gasteiger partial charge in [0.25, 0.3) is 12.4 Å². The van der Waals surface area contributed by atoms with Gasteiger partial charge in [0, 0.05) is 36.8 Å². The summed E-state index contributed by atoms with van der Waals surface area (Å²) in [6.07, 6.45) is 7.43. The van der Waals surface area contributed by atoms with E-state index in [1.165, 1.54) is 6.42 Å². The molecule has 1 aliphatic heterocycles. The average molecular weight is 582 g/mol. The van der Waals surface area contributed by atoms with Crippen molar-refractivity contribution >= 4 is 24.0 Å². The van der Waals surface area contributed by atoms with Gasteiger partial charge in [0.1, 0.15) is 0 Å². The number of hydrogen-bond donors (Lipinski definition) is 4. The van der Waals surface area contributed by atoms with Gasteiger partial charge in [-0.15, -0.1) is 0 Å². The third-order valence-corrected chi connectivity index (χ3v) is 7.59. The van der Waals surface area contributed by atoms with Gasteiger partial charge in [-0.1, -0.05) is 70.4 Å². The summed E-state index contributed by atoms with van der Waals surface area (Å²) < 4.78 is 0. The highest BCUT2D eigenvalue weighted by atomic mass is 16.3. The Hall–Kier alpha value is -3.23. The fourth-order valence-corrected chi connectivity index (χ4v) is 5.27. The van der Waals surface area contributed by atoms with E-state index in [1.807, 2.05) is 53.4 Å². The minimum Gasteiger partial charge on any atom is -0.483 e. The average Bonchev–Trinajstić information content (AvgIpc) is 2.96. The summed E-state index contributed by atoms with van der Waals surface area (Å²) in [4.78, 5) is 36.4. The molecule has 1 unspecified atom stereocenters. The van der Waals surface area contributed by atoms with E-state index >= 15 is 0 Å². The normalized spacial score (nSPS) is 15.4. The predicted octanol–water partition coefficient (Wildman–Crippen LogP) is 5.36. The number of carbonyl (C=O) groups excluding carboxylic acids is 2. The first-order chi connectivity index (χ1) is 20.2. The number of amides is 2.